The molecule has 0 radical (unpaired) electrons. The maximum Gasteiger partial charge on any atom is 0.341 e. The molecule has 0 saturated heterocycles. The van der Waals surface area contributed by atoms with Gasteiger partial charge in [-0.15, -0.1) is 12.4 Å². The summed E-state index contributed by atoms with van der Waals surface area (Å²) in [4.78, 5) is 11.4. The van der Waals surface area contributed by atoms with Gasteiger partial charge in [0.05, 0.1) is 7.11 Å². The second-order valence-corrected chi connectivity index (χ2v) is 3.23. The number of hydrogen-bond donors (Lipinski definition) is 1. The highest BCUT2D eigenvalue weighted by Crippen LogP contribution is 2.21. The lowest BCUT2D eigenvalue weighted by atomic mass is 10.1. The Labute approximate surface area is 109 Å². The number of ether oxygens (including phenoxy) is 2. The second kappa shape index (κ2) is 7.84. The van der Waals surface area contributed by atoms with Gasteiger partial charge in [0.1, 0.15) is 17.9 Å². The Morgan fingerprint density at radius 1 is 1.44 bits per heavy atom. The number of methoxy groups -OCH3 is 1. The van der Waals surface area contributed by atoms with E-state index in [0.29, 0.717) is 5.56 Å². The highest BCUT2D eigenvalue weighted by Gasteiger charge is 2.15. The zero-order chi connectivity index (χ0) is 12.8. The Balaban J connectivity index is 0.00000289. The summed E-state index contributed by atoms with van der Waals surface area (Å²) in [6, 6.07) is 4.50. The molecule has 0 aliphatic carbocycles. The summed E-state index contributed by atoms with van der Waals surface area (Å²) >= 11 is 0. The molecule has 2 N–H and O–H groups in total. The van der Waals surface area contributed by atoms with Gasteiger partial charge in [0.25, 0.3) is 6.43 Å². The van der Waals surface area contributed by atoms with Crippen LogP contribution in [-0.4, -0.2) is 26.1 Å². The zero-order valence-electron chi connectivity index (χ0n) is 9.69. The van der Waals surface area contributed by atoms with E-state index in [4.69, 9.17) is 10.5 Å². The van der Waals surface area contributed by atoms with Crippen LogP contribution in [0.25, 0.3) is 0 Å². The van der Waals surface area contributed by atoms with Crippen LogP contribution in [0.15, 0.2) is 18.2 Å². The number of carbonyl (C=O) groups is 1. The number of hydrogen-bond acceptors (Lipinski definition) is 4. The maximum atomic E-state index is 12.0. The Morgan fingerprint density at radius 2 is 2.11 bits per heavy atom. The Hall–Kier alpha value is -1.40. The normalized spacial score (nSPS) is 9.83. The highest BCUT2D eigenvalue weighted by atomic mass is 35.5. The van der Waals surface area contributed by atoms with Crippen LogP contribution in [0.3, 0.4) is 0 Å². The molecule has 0 bridgehead atoms. The molecule has 1 aromatic rings. The van der Waals surface area contributed by atoms with Gasteiger partial charge in [0.2, 0.25) is 0 Å². The molecule has 0 unspecified atom stereocenters. The summed E-state index contributed by atoms with van der Waals surface area (Å²) in [5.41, 5.74) is 6.20. The zero-order valence-corrected chi connectivity index (χ0v) is 10.5. The van der Waals surface area contributed by atoms with Gasteiger partial charge >= 0.3 is 5.97 Å². The van der Waals surface area contributed by atoms with Gasteiger partial charge < -0.3 is 15.2 Å². The van der Waals surface area contributed by atoms with Gasteiger partial charge in [0.15, 0.2) is 0 Å². The first-order valence-electron chi connectivity index (χ1n) is 4.90. The first-order valence-corrected chi connectivity index (χ1v) is 4.90. The topological polar surface area (TPSA) is 61.5 Å². The third kappa shape index (κ3) is 4.46. The van der Waals surface area contributed by atoms with Crippen LogP contribution in [0, 0.1) is 0 Å². The van der Waals surface area contributed by atoms with Crippen molar-refractivity contribution in [2.45, 2.75) is 13.0 Å². The number of esters is 1. The van der Waals surface area contributed by atoms with Crippen LogP contribution in [0.1, 0.15) is 15.9 Å². The summed E-state index contributed by atoms with van der Waals surface area (Å²) in [6.07, 6.45) is -2.60. The van der Waals surface area contributed by atoms with E-state index in [1.54, 1.807) is 6.07 Å². The Morgan fingerprint density at radius 3 is 2.61 bits per heavy atom. The van der Waals surface area contributed by atoms with E-state index in [1.165, 1.54) is 19.2 Å². The minimum Gasteiger partial charge on any atom is -0.487 e. The Bertz CT molecular complexity index is 402. The molecule has 0 fully saturated rings. The van der Waals surface area contributed by atoms with E-state index in [0.717, 1.165) is 0 Å². The maximum absolute atomic E-state index is 12.0. The van der Waals surface area contributed by atoms with E-state index >= 15 is 0 Å². The van der Waals surface area contributed by atoms with Crippen molar-refractivity contribution in [1.29, 1.82) is 0 Å². The molecule has 0 spiro atoms. The van der Waals surface area contributed by atoms with Crippen molar-refractivity contribution in [2.75, 3.05) is 13.7 Å². The molecule has 0 saturated carbocycles. The lowest BCUT2D eigenvalue weighted by Crippen LogP contribution is -2.12. The van der Waals surface area contributed by atoms with E-state index in [-0.39, 0.29) is 30.3 Å². The van der Waals surface area contributed by atoms with Crippen molar-refractivity contribution >= 4 is 18.4 Å². The first-order chi connectivity index (χ1) is 8.08. The average molecular weight is 282 g/mol. The molecule has 4 nitrogen and oxygen atoms in total. The second-order valence-electron chi connectivity index (χ2n) is 3.23. The van der Waals surface area contributed by atoms with Gasteiger partial charge in [-0.2, -0.15) is 0 Å². The van der Waals surface area contributed by atoms with Gasteiger partial charge in [-0.1, -0.05) is 6.07 Å². The minimum atomic E-state index is -2.60. The van der Waals surface area contributed by atoms with Crippen molar-refractivity contribution in [1.82, 2.24) is 0 Å². The molecule has 18 heavy (non-hydrogen) atoms. The van der Waals surface area contributed by atoms with Crippen LogP contribution in [0.5, 0.6) is 5.75 Å². The smallest absolute Gasteiger partial charge is 0.341 e. The van der Waals surface area contributed by atoms with Crippen molar-refractivity contribution in [2.24, 2.45) is 5.73 Å². The number of rotatable bonds is 5. The number of benzene rings is 1. The van der Waals surface area contributed by atoms with Gasteiger partial charge in [-0.25, -0.2) is 13.6 Å². The van der Waals surface area contributed by atoms with Crippen LogP contribution < -0.4 is 10.5 Å². The third-order valence-electron chi connectivity index (χ3n) is 2.05. The molecule has 102 valence electrons. The van der Waals surface area contributed by atoms with Crippen molar-refractivity contribution < 1.29 is 23.0 Å². The number of nitrogens with two attached hydrogens (primary N) is 1. The van der Waals surface area contributed by atoms with E-state index in [1.807, 2.05) is 0 Å². The summed E-state index contributed by atoms with van der Waals surface area (Å²) in [5, 5.41) is 0. The predicted molar refractivity (Wildman–Crippen MR) is 64.4 cm³/mol. The molecular weight excluding hydrogens is 268 g/mol. The highest BCUT2D eigenvalue weighted by molar-refractivity contribution is 5.92. The fourth-order valence-corrected chi connectivity index (χ4v) is 1.25. The number of halogens is 3. The molecule has 0 aliphatic rings. The molecule has 7 heteroatoms. The largest absolute Gasteiger partial charge is 0.487 e. The number of alkyl halides is 2. The average Bonchev–Trinajstić information content (AvgIpc) is 2.35. The van der Waals surface area contributed by atoms with E-state index in [9.17, 15) is 13.6 Å². The van der Waals surface area contributed by atoms with Gasteiger partial charge in [0, 0.05) is 6.54 Å². The van der Waals surface area contributed by atoms with Crippen molar-refractivity contribution in [3.05, 3.63) is 29.3 Å². The molecule has 1 rings (SSSR count). The van der Waals surface area contributed by atoms with E-state index in [2.05, 4.69) is 4.74 Å². The minimum absolute atomic E-state index is 0. The molecule has 0 atom stereocenters. The molecule has 0 aliphatic heterocycles. The van der Waals surface area contributed by atoms with Crippen LogP contribution in [0.4, 0.5) is 8.78 Å². The summed E-state index contributed by atoms with van der Waals surface area (Å²) in [7, 11) is 1.20. The summed E-state index contributed by atoms with van der Waals surface area (Å²) < 4.78 is 33.4. The monoisotopic (exact) mass is 281 g/mol. The van der Waals surface area contributed by atoms with Crippen LogP contribution in [0.2, 0.25) is 0 Å². The van der Waals surface area contributed by atoms with Crippen molar-refractivity contribution in [3.63, 3.8) is 0 Å². The molecule has 0 heterocycles. The molecule has 1 aromatic carbocycles. The third-order valence-corrected chi connectivity index (χ3v) is 2.05. The van der Waals surface area contributed by atoms with E-state index < -0.39 is 19.0 Å². The Kier molecular flexibility index (Phi) is 7.23. The van der Waals surface area contributed by atoms with Crippen LogP contribution >= 0.6 is 12.4 Å². The summed E-state index contributed by atoms with van der Waals surface area (Å²) in [5.74, 6) is -0.584. The van der Waals surface area contributed by atoms with Crippen LogP contribution in [-0.2, 0) is 11.3 Å². The van der Waals surface area contributed by atoms with Gasteiger partial charge in [-0.05, 0) is 17.7 Å². The molecule has 0 amide bonds. The van der Waals surface area contributed by atoms with Gasteiger partial charge in [-0.3, -0.25) is 0 Å². The molecular formula is C11H14ClF2NO3. The lowest BCUT2D eigenvalue weighted by molar-refractivity contribution is 0.0578. The quantitative estimate of drug-likeness (QED) is 0.839. The standard InChI is InChI=1S/C11H13F2NO3.ClH/c1-16-11(15)8-4-7(5-14)2-3-9(8)17-6-10(12)13;/h2-4,10H,5-6,14H2,1H3;1H. The fraction of sp³-hybridized carbons (Fsp3) is 0.364. The van der Waals surface area contributed by atoms with Crippen molar-refractivity contribution in [3.8, 4) is 5.75 Å². The fourth-order valence-electron chi connectivity index (χ4n) is 1.25. The predicted octanol–water partition coefficient (Wildman–Crippen LogP) is 2.00. The lowest BCUT2D eigenvalue weighted by Gasteiger charge is -2.11. The number of carbonyl (C=O) groups excluding carboxylic acids is 1. The first kappa shape index (κ1) is 16.6. The SMILES string of the molecule is COC(=O)c1cc(CN)ccc1OCC(F)F.Cl. The molecule has 0 aromatic heterocycles. The summed E-state index contributed by atoms with van der Waals surface area (Å²) in [6.45, 7) is -0.537.